The van der Waals surface area contributed by atoms with Gasteiger partial charge in [-0.05, 0) is 27.2 Å². The van der Waals surface area contributed by atoms with Gasteiger partial charge >= 0.3 is 6.18 Å². The summed E-state index contributed by atoms with van der Waals surface area (Å²) in [4.78, 5) is 0. The smallest absolute Gasteiger partial charge is 0.393 e. The van der Waals surface area contributed by atoms with Crippen LogP contribution >= 0.6 is 0 Å². The average molecular weight is 272 g/mol. The largest absolute Gasteiger partial charge is 0.411 e. The molecule has 0 amide bonds. The zero-order valence-corrected chi connectivity index (χ0v) is 11.4. The maximum Gasteiger partial charge on any atom is 0.411 e. The van der Waals surface area contributed by atoms with E-state index in [1.807, 2.05) is 13.8 Å². The fourth-order valence-corrected chi connectivity index (χ4v) is 1.65. The third kappa shape index (κ3) is 9.67. The summed E-state index contributed by atoms with van der Waals surface area (Å²) in [5.74, 6) is 0. The van der Waals surface area contributed by atoms with E-state index < -0.39 is 24.3 Å². The predicted molar refractivity (Wildman–Crippen MR) is 62.4 cm³/mol. The van der Waals surface area contributed by atoms with E-state index in [0.29, 0.717) is 6.42 Å². The normalized spacial score (nSPS) is 17.8. The first-order chi connectivity index (χ1) is 8.04. The summed E-state index contributed by atoms with van der Waals surface area (Å²) in [6.45, 7) is 5.93. The van der Waals surface area contributed by atoms with Crippen molar-refractivity contribution in [2.45, 2.75) is 52.5 Å². The topological polar surface area (TPSA) is 38.7 Å². The SMILES string of the molecule is CC(O)CC(C)(COCC(F)(F)F)COC(C)C. The van der Waals surface area contributed by atoms with Crippen LogP contribution in [0.4, 0.5) is 13.2 Å². The van der Waals surface area contributed by atoms with Crippen molar-refractivity contribution in [2.75, 3.05) is 19.8 Å². The molecule has 0 bridgehead atoms. The van der Waals surface area contributed by atoms with E-state index in [1.54, 1.807) is 13.8 Å². The molecule has 0 rings (SSSR count). The lowest BCUT2D eigenvalue weighted by molar-refractivity contribution is -0.184. The second kappa shape index (κ2) is 7.31. The highest BCUT2D eigenvalue weighted by Gasteiger charge is 2.32. The molecule has 0 aliphatic heterocycles. The molecule has 0 saturated carbocycles. The van der Waals surface area contributed by atoms with Crippen LogP contribution in [0, 0.1) is 5.41 Å². The Bertz CT molecular complexity index is 229. The molecule has 0 aromatic heterocycles. The molecule has 0 saturated heterocycles. The Morgan fingerprint density at radius 3 is 2.00 bits per heavy atom. The van der Waals surface area contributed by atoms with Crippen LogP contribution in [0.15, 0.2) is 0 Å². The van der Waals surface area contributed by atoms with Crippen LogP contribution in [0.3, 0.4) is 0 Å². The van der Waals surface area contributed by atoms with E-state index in [4.69, 9.17) is 4.74 Å². The van der Waals surface area contributed by atoms with Crippen molar-refractivity contribution in [1.29, 1.82) is 0 Å². The molecule has 3 nitrogen and oxygen atoms in total. The van der Waals surface area contributed by atoms with Crippen LogP contribution in [0.2, 0.25) is 0 Å². The highest BCUT2D eigenvalue weighted by molar-refractivity contribution is 4.76. The van der Waals surface area contributed by atoms with Gasteiger partial charge in [0.2, 0.25) is 0 Å². The fraction of sp³-hybridized carbons (Fsp3) is 1.00. The zero-order chi connectivity index (χ0) is 14.4. The van der Waals surface area contributed by atoms with Gasteiger partial charge in [0.1, 0.15) is 6.61 Å². The molecule has 0 spiro atoms. The van der Waals surface area contributed by atoms with Crippen molar-refractivity contribution in [2.24, 2.45) is 5.41 Å². The van der Waals surface area contributed by atoms with E-state index >= 15 is 0 Å². The second-order valence-corrected chi connectivity index (χ2v) is 5.33. The Kier molecular flexibility index (Phi) is 7.17. The molecule has 0 heterocycles. The Hall–Kier alpha value is -0.330. The second-order valence-electron chi connectivity index (χ2n) is 5.33. The van der Waals surface area contributed by atoms with Gasteiger partial charge in [-0.25, -0.2) is 0 Å². The van der Waals surface area contributed by atoms with Crippen molar-refractivity contribution in [3.63, 3.8) is 0 Å². The number of ether oxygens (including phenoxy) is 2. The monoisotopic (exact) mass is 272 g/mol. The maximum atomic E-state index is 12.0. The third-order valence-corrected chi connectivity index (χ3v) is 2.27. The molecular formula is C12H23F3O3. The molecule has 1 N–H and O–H groups in total. The predicted octanol–water partition coefficient (Wildman–Crippen LogP) is 2.77. The van der Waals surface area contributed by atoms with Crippen LogP contribution in [-0.4, -0.2) is 43.3 Å². The van der Waals surface area contributed by atoms with Crippen LogP contribution in [-0.2, 0) is 9.47 Å². The van der Waals surface area contributed by atoms with E-state index in [-0.39, 0.29) is 19.3 Å². The van der Waals surface area contributed by atoms with Crippen molar-refractivity contribution in [3.05, 3.63) is 0 Å². The summed E-state index contributed by atoms with van der Waals surface area (Å²) >= 11 is 0. The molecule has 6 heteroatoms. The number of halogens is 3. The Labute approximate surface area is 106 Å². The Morgan fingerprint density at radius 2 is 1.61 bits per heavy atom. The van der Waals surface area contributed by atoms with Gasteiger partial charge in [-0.1, -0.05) is 6.92 Å². The summed E-state index contributed by atoms with van der Waals surface area (Å²) in [7, 11) is 0. The third-order valence-electron chi connectivity index (χ3n) is 2.27. The van der Waals surface area contributed by atoms with Crippen molar-refractivity contribution >= 4 is 0 Å². The number of aliphatic hydroxyl groups excluding tert-OH is 1. The summed E-state index contributed by atoms with van der Waals surface area (Å²) in [6.07, 6.45) is -4.62. The highest BCUT2D eigenvalue weighted by atomic mass is 19.4. The van der Waals surface area contributed by atoms with Gasteiger partial charge in [0, 0.05) is 5.41 Å². The first-order valence-electron chi connectivity index (χ1n) is 5.98. The van der Waals surface area contributed by atoms with Crippen LogP contribution in [0.25, 0.3) is 0 Å². The molecule has 0 radical (unpaired) electrons. The molecule has 18 heavy (non-hydrogen) atoms. The minimum absolute atomic E-state index is 0.0130. The molecule has 0 aliphatic carbocycles. The summed E-state index contributed by atoms with van der Waals surface area (Å²) < 4.78 is 46.1. The van der Waals surface area contributed by atoms with Gasteiger partial charge in [-0.15, -0.1) is 0 Å². The minimum Gasteiger partial charge on any atom is -0.393 e. The van der Waals surface area contributed by atoms with Crippen molar-refractivity contribution in [3.8, 4) is 0 Å². The summed E-state index contributed by atoms with van der Waals surface area (Å²) in [5.41, 5.74) is -0.621. The summed E-state index contributed by atoms with van der Waals surface area (Å²) in [5, 5.41) is 9.38. The minimum atomic E-state index is -4.33. The number of alkyl halides is 3. The van der Waals surface area contributed by atoms with Crippen LogP contribution in [0.1, 0.15) is 34.1 Å². The van der Waals surface area contributed by atoms with E-state index in [1.165, 1.54) is 0 Å². The Morgan fingerprint density at radius 1 is 1.06 bits per heavy atom. The van der Waals surface area contributed by atoms with Crippen molar-refractivity contribution < 1.29 is 27.8 Å². The first-order valence-corrected chi connectivity index (χ1v) is 5.98. The number of aliphatic hydroxyl groups is 1. The van der Waals surface area contributed by atoms with Gasteiger partial charge in [-0.3, -0.25) is 0 Å². The molecular weight excluding hydrogens is 249 g/mol. The van der Waals surface area contributed by atoms with Gasteiger partial charge in [-0.2, -0.15) is 13.2 Å². The molecule has 0 aromatic rings. The lowest BCUT2D eigenvalue weighted by Gasteiger charge is -2.31. The maximum absolute atomic E-state index is 12.0. The van der Waals surface area contributed by atoms with Crippen LogP contribution < -0.4 is 0 Å². The molecule has 110 valence electrons. The van der Waals surface area contributed by atoms with Gasteiger partial charge < -0.3 is 14.6 Å². The fourth-order valence-electron chi connectivity index (χ4n) is 1.65. The number of rotatable bonds is 8. The number of hydrogen-bond donors (Lipinski definition) is 1. The van der Waals surface area contributed by atoms with Gasteiger partial charge in [0.05, 0.1) is 25.4 Å². The Balaban J connectivity index is 4.28. The molecule has 0 aromatic carbocycles. The van der Waals surface area contributed by atoms with Gasteiger partial charge in [0.25, 0.3) is 0 Å². The zero-order valence-electron chi connectivity index (χ0n) is 11.4. The lowest BCUT2D eigenvalue weighted by Crippen LogP contribution is -2.35. The molecule has 0 aliphatic rings. The van der Waals surface area contributed by atoms with Crippen LogP contribution in [0.5, 0.6) is 0 Å². The quantitative estimate of drug-likeness (QED) is 0.738. The number of hydrogen-bond acceptors (Lipinski definition) is 3. The first kappa shape index (κ1) is 17.7. The summed E-state index contributed by atoms with van der Waals surface area (Å²) in [6, 6.07) is 0. The highest BCUT2D eigenvalue weighted by Crippen LogP contribution is 2.26. The molecule has 2 unspecified atom stereocenters. The molecule has 2 atom stereocenters. The van der Waals surface area contributed by atoms with Crippen molar-refractivity contribution in [1.82, 2.24) is 0 Å². The van der Waals surface area contributed by atoms with E-state index in [2.05, 4.69) is 4.74 Å². The van der Waals surface area contributed by atoms with E-state index in [0.717, 1.165) is 0 Å². The van der Waals surface area contributed by atoms with Gasteiger partial charge in [0.15, 0.2) is 0 Å². The molecule has 0 fully saturated rings. The lowest BCUT2D eigenvalue weighted by atomic mass is 9.86. The average Bonchev–Trinajstić information content (AvgIpc) is 2.11. The standard InChI is InChI=1S/C12H23F3O3/c1-9(2)18-7-11(4,5-10(3)16)6-17-8-12(13,14)15/h9-10,16H,5-8H2,1-4H3. The van der Waals surface area contributed by atoms with E-state index in [9.17, 15) is 18.3 Å².